The number of nitrogens with zero attached hydrogens (tertiary/aromatic N) is 4. The van der Waals surface area contributed by atoms with Crippen molar-refractivity contribution in [1.29, 1.82) is 5.26 Å². The van der Waals surface area contributed by atoms with Crippen LogP contribution in [0.25, 0.3) is 5.69 Å². The molecule has 0 radical (unpaired) electrons. The Bertz CT molecular complexity index is 1360. The van der Waals surface area contributed by atoms with Crippen LogP contribution in [0.1, 0.15) is 35.0 Å². The summed E-state index contributed by atoms with van der Waals surface area (Å²) >= 11 is 1.34. The SMILES string of the molecule is Cc1ccc(-n2c(Cc3ccccc3)nnc2S[C@@H](C)C(=O)Nc2ccccc2C#N)c(C)c1. The number of hydrogen-bond acceptors (Lipinski definition) is 5. The summed E-state index contributed by atoms with van der Waals surface area (Å²) in [5.41, 5.74) is 5.34. The molecule has 3 aromatic carbocycles. The number of aryl methyl sites for hydroxylation is 2. The van der Waals surface area contributed by atoms with E-state index in [0.717, 1.165) is 22.6 Å². The maximum atomic E-state index is 12.9. The number of nitriles is 1. The highest BCUT2D eigenvalue weighted by Gasteiger charge is 2.22. The van der Waals surface area contributed by atoms with Crippen molar-refractivity contribution in [3.05, 3.63) is 101 Å². The van der Waals surface area contributed by atoms with Crippen molar-refractivity contribution in [2.75, 3.05) is 5.32 Å². The van der Waals surface area contributed by atoms with Gasteiger partial charge in [-0.2, -0.15) is 5.26 Å². The minimum Gasteiger partial charge on any atom is -0.324 e. The van der Waals surface area contributed by atoms with Crippen molar-refractivity contribution in [2.24, 2.45) is 0 Å². The molecule has 1 N–H and O–H groups in total. The molecule has 0 saturated heterocycles. The number of hydrogen-bond donors (Lipinski definition) is 1. The molecule has 0 aliphatic rings. The predicted molar refractivity (Wildman–Crippen MR) is 135 cm³/mol. The molecule has 1 atom stereocenters. The van der Waals surface area contributed by atoms with Gasteiger partial charge in [-0.05, 0) is 50.1 Å². The summed E-state index contributed by atoms with van der Waals surface area (Å²) in [4.78, 5) is 12.9. The van der Waals surface area contributed by atoms with Crippen LogP contribution in [-0.4, -0.2) is 25.9 Å². The molecular weight excluding hydrogens is 442 g/mol. The van der Waals surface area contributed by atoms with Crippen LogP contribution in [0.5, 0.6) is 0 Å². The molecule has 0 bridgehead atoms. The Hall–Kier alpha value is -3.89. The van der Waals surface area contributed by atoms with Crippen molar-refractivity contribution < 1.29 is 4.79 Å². The Morgan fingerprint density at radius 3 is 2.53 bits per heavy atom. The highest BCUT2D eigenvalue weighted by atomic mass is 32.2. The zero-order chi connectivity index (χ0) is 24.1. The van der Waals surface area contributed by atoms with Gasteiger partial charge in [0.25, 0.3) is 0 Å². The molecular formula is C27H25N5OS. The fraction of sp³-hybridized carbons (Fsp3) is 0.185. The molecule has 34 heavy (non-hydrogen) atoms. The third kappa shape index (κ3) is 5.19. The van der Waals surface area contributed by atoms with Crippen LogP contribution in [-0.2, 0) is 11.2 Å². The Morgan fingerprint density at radius 1 is 1.06 bits per heavy atom. The fourth-order valence-corrected chi connectivity index (χ4v) is 4.58. The third-order valence-corrected chi connectivity index (χ3v) is 6.50. The minimum atomic E-state index is -0.454. The lowest BCUT2D eigenvalue weighted by atomic mass is 10.1. The summed E-state index contributed by atoms with van der Waals surface area (Å²) < 4.78 is 2.04. The molecule has 0 aliphatic carbocycles. The van der Waals surface area contributed by atoms with Crippen LogP contribution in [0.3, 0.4) is 0 Å². The number of aromatic nitrogens is 3. The van der Waals surface area contributed by atoms with E-state index < -0.39 is 5.25 Å². The Labute approximate surface area is 203 Å². The minimum absolute atomic E-state index is 0.201. The van der Waals surface area contributed by atoms with Crippen molar-refractivity contribution in [3.8, 4) is 11.8 Å². The lowest BCUT2D eigenvalue weighted by molar-refractivity contribution is -0.115. The van der Waals surface area contributed by atoms with Crippen LogP contribution < -0.4 is 5.32 Å². The highest BCUT2D eigenvalue weighted by Crippen LogP contribution is 2.29. The van der Waals surface area contributed by atoms with Gasteiger partial charge in [-0.1, -0.05) is 71.9 Å². The maximum absolute atomic E-state index is 12.9. The quantitative estimate of drug-likeness (QED) is 0.365. The standard InChI is InChI=1S/C27H25N5OS/c1-18-13-14-24(19(2)15-18)32-25(16-21-9-5-4-6-10-21)30-31-27(32)34-20(3)26(33)29-23-12-8-7-11-22(23)17-28/h4-15,20H,16H2,1-3H3,(H,29,33)/t20-/m0/s1. The maximum Gasteiger partial charge on any atom is 0.237 e. The summed E-state index contributed by atoms with van der Waals surface area (Å²) in [6, 6.07) is 25.5. The number of benzene rings is 3. The first kappa shape index (κ1) is 23.3. The number of para-hydroxylation sites is 1. The van der Waals surface area contributed by atoms with Crippen LogP contribution in [0.4, 0.5) is 5.69 Å². The van der Waals surface area contributed by atoms with E-state index in [1.165, 1.54) is 17.3 Å². The van der Waals surface area contributed by atoms with E-state index in [1.807, 2.05) is 29.7 Å². The number of thioether (sulfide) groups is 1. The third-order valence-electron chi connectivity index (χ3n) is 5.46. The van der Waals surface area contributed by atoms with E-state index in [0.29, 0.717) is 22.8 Å². The van der Waals surface area contributed by atoms with Gasteiger partial charge < -0.3 is 5.32 Å². The number of nitrogens with one attached hydrogen (secondary N) is 1. The second kappa shape index (κ2) is 10.4. The Kier molecular flexibility index (Phi) is 7.09. The number of anilines is 1. The Morgan fingerprint density at radius 2 is 1.79 bits per heavy atom. The normalized spacial score (nSPS) is 11.6. The fourth-order valence-electron chi connectivity index (χ4n) is 3.70. The van der Waals surface area contributed by atoms with E-state index >= 15 is 0 Å². The predicted octanol–water partition coefficient (Wildman–Crippen LogP) is 5.47. The van der Waals surface area contributed by atoms with Crippen molar-refractivity contribution in [2.45, 2.75) is 37.6 Å². The van der Waals surface area contributed by atoms with Gasteiger partial charge in [0, 0.05) is 6.42 Å². The van der Waals surface area contributed by atoms with Crippen LogP contribution >= 0.6 is 11.8 Å². The number of amides is 1. The zero-order valence-electron chi connectivity index (χ0n) is 19.3. The lowest BCUT2D eigenvalue weighted by Gasteiger charge is -2.16. The summed E-state index contributed by atoms with van der Waals surface area (Å²) in [5.74, 6) is 0.607. The van der Waals surface area contributed by atoms with Crippen molar-refractivity contribution >= 4 is 23.4 Å². The zero-order valence-corrected chi connectivity index (χ0v) is 20.1. The van der Waals surface area contributed by atoms with Gasteiger partial charge in [0.1, 0.15) is 11.9 Å². The first-order valence-corrected chi connectivity index (χ1v) is 11.9. The summed E-state index contributed by atoms with van der Waals surface area (Å²) in [5, 5.41) is 21.3. The topological polar surface area (TPSA) is 83.6 Å². The van der Waals surface area contributed by atoms with Crippen molar-refractivity contribution in [3.63, 3.8) is 0 Å². The number of rotatable bonds is 7. The molecule has 6 nitrogen and oxygen atoms in total. The van der Waals surface area contributed by atoms with E-state index in [1.54, 1.807) is 24.3 Å². The smallest absolute Gasteiger partial charge is 0.237 e. The van der Waals surface area contributed by atoms with Gasteiger partial charge >= 0.3 is 0 Å². The molecule has 7 heteroatoms. The second-order valence-electron chi connectivity index (χ2n) is 8.09. The monoisotopic (exact) mass is 467 g/mol. The van der Waals surface area contributed by atoms with Gasteiger partial charge in [-0.15, -0.1) is 10.2 Å². The molecule has 4 rings (SSSR count). The van der Waals surface area contributed by atoms with E-state index in [4.69, 9.17) is 0 Å². The van der Waals surface area contributed by atoms with E-state index in [9.17, 15) is 10.1 Å². The largest absolute Gasteiger partial charge is 0.324 e. The average molecular weight is 468 g/mol. The molecule has 1 amide bonds. The summed E-state index contributed by atoms with van der Waals surface area (Å²) in [6.45, 7) is 5.96. The summed E-state index contributed by atoms with van der Waals surface area (Å²) in [6.07, 6.45) is 0.623. The summed E-state index contributed by atoms with van der Waals surface area (Å²) in [7, 11) is 0. The highest BCUT2D eigenvalue weighted by molar-refractivity contribution is 8.00. The van der Waals surface area contributed by atoms with Gasteiger partial charge in [0.05, 0.1) is 22.2 Å². The van der Waals surface area contributed by atoms with Crippen LogP contribution in [0, 0.1) is 25.2 Å². The molecule has 0 saturated carbocycles. The average Bonchev–Trinajstić information content (AvgIpc) is 3.21. The van der Waals surface area contributed by atoms with Gasteiger partial charge in [0.2, 0.25) is 5.91 Å². The number of carbonyl (C=O) groups is 1. The molecule has 1 heterocycles. The molecule has 0 aliphatic heterocycles. The molecule has 0 unspecified atom stereocenters. The van der Waals surface area contributed by atoms with Gasteiger partial charge in [-0.25, -0.2) is 0 Å². The lowest BCUT2D eigenvalue weighted by Crippen LogP contribution is -2.23. The van der Waals surface area contributed by atoms with Gasteiger partial charge in [0.15, 0.2) is 5.16 Å². The molecule has 0 fully saturated rings. The van der Waals surface area contributed by atoms with E-state index in [-0.39, 0.29) is 5.91 Å². The Balaban J connectivity index is 1.64. The molecule has 4 aromatic rings. The van der Waals surface area contributed by atoms with E-state index in [2.05, 4.69) is 65.8 Å². The first-order valence-electron chi connectivity index (χ1n) is 11.0. The molecule has 170 valence electrons. The number of carbonyl (C=O) groups excluding carboxylic acids is 1. The van der Waals surface area contributed by atoms with Gasteiger partial charge in [-0.3, -0.25) is 9.36 Å². The van der Waals surface area contributed by atoms with Crippen molar-refractivity contribution in [1.82, 2.24) is 14.8 Å². The van der Waals surface area contributed by atoms with Crippen LogP contribution in [0.2, 0.25) is 0 Å². The molecule has 1 aromatic heterocycles. The first-order chi connectivity index (χ1) is 16.5. The molecule has 0 spiro atoms. The van der Waals surface area contributed by atoms with Crippen LogP contribution in [0.15, 0.2) is 78.0 Å². The second-order valence-corrected chi connectivity index (χ2v) is 9.40.